The van der Waals surface area contributed by atoms with Gasteiger partial charge in [-0.1, -0.05) is 42.0 Å². The van der Waals surface area contributed by atoms with Gasteiger partial charge in [0.1, 0.15) is 5.82 Å². The number of rotatable bonds is 9. The highest BCUT2D eigenvalue weighted by Gasteiger charge is 2.13. The van der Waals surface area contributed by atoms with Crippen molar-refractivity contribution in [3.63, 3.8) is 0 Å². The molecule has 0 bridgehead atoms. The van der Waals surface area contributed by atoms with Crippen LogP contribution in [0.25, 0.3) is 10.9 Å². The summed E-state index contributed by atoms with van der Waals surface area (Å²) >= 11 is 0. The molecular formula is C32H30N4O3. The van der Waals surface area contributed by atoms with Gasteiger partial charge in [-0.25, -0.2) is 4.98 Å². The molecule has 7 nitrogen and oxygen atoms in total. The summed E-state index contributed by atoms with van der Waals surface area (Å²) in [6, 6.07) is 25.6. The number of amides is 1. The standard InChI is InChI=1S/C32H30N4O3/c1-21-6-8-23(9-7-21)20-35-32(37)26-5-4-15-34-31(26)36-25-12-10-22(11-13-25)17-24-14-16-33-28-19-30(39-3)29(38-2)18-27(24)28/h4-16,18-19H,17,20H2,1-3H3,(H,34,36)(H,35,37). The molecule has 0 unspecified atom stereocenters. The number of fused-ring (bicyclic) bond motifs is 1. The molecule has 0 saturated carbocycles. The molecule has 196 valence electrons. The number of methoxy groups -OCH3 is 2. The molecule has 1 amide bonds. The highest BCUT2D eigenvalue weighted by atomic mass is 16.5. The Morgan fingerprint density at radius 1 is 0.821 bits per heavy atom. The van der Waals surface area contributed by atoms with Gasteiger partial charge in [-0.05, 0) is 66.4 Å². The topological polar surface area (TPSA) is 85.4 Å². The van der Waals surface area contributed by atoms with Crippen molar-refractivity contribution < 1.29 is 14.3 Å². The Hall–Kier alpha value is -4.91. The number of carbonyl (C=O) groups excluding carboxylic acids is 1. The summed E-state index contributed by atoms with van der Waals surface area (Å²) < 4.78 is 10.9. The van der Waals surface area contributed by atoms with Gasteiger partial charge in [0.25, 0.3) is 5.91 Å². The molecular weight excluding hydrogens is 488 g/mol. The number of pyridine rings is 2. The van der Waals surface area contributed by atoms with E-state index in [1.807, 2.05) is 67.7 Å². The molecule has 0 spiro atoms. The van der Waals surface area contributed by atoms with E-state index in [2.05, 4.69) is 32.7 Å². The monoisotopic (exact) mass is 518 g/mol. The maximum absolute atomic E-state index is 12.9. The van der Waals surface area contributed by atoms with Crippen molar-refractivity contribution in [2.75, 3.05) is 19.5 Å². The Labute approximate surface area is 227 Å². The minimum Gasteiger partial charge on any atom is -0.493 e. The molecule has 2 heterocycles. The SMILES string of the molecule is COc1cc2nccc(Cc3ccc(Nc4ncccc4C(=O)NCc4ccc(C)cc4)cc3)c2cc1OC. The Bertz CT molecular complexity index is 1600. The molecule has 3 aromatic carbocycles. The Morgan fingerprint density at radius 2 is 1.54 bits per heavy atom. The molecule has 0 radical (unpaired) electrons. The van der Waals surface area contributed by atoms with Crippen molar-refractivity contribution in [1.82, 2.24) is 15.3 Å². The van der Waals surface area contributed by atoms with E-state index in [9.17, 15) is 4.79 Å². The number of aromatic nitrogens is 2. The number of nitrogens with one attached hydrogen (secondary N) is 2. The molecule has 2 aromatic heterocycles. The average Bonchev–Trinajstić information content (AvgIpc) is 2.97. The van der Waals surface area contributed by atoms with Crippen LogP contribution in [0.5, 0.6) is 11.5 Å². The van der Waals surface area contributed by atoms with Gasteiger partial charge in [0.15, 0.2) is 11.5 Å². The molecule has 7 heteroatoms. The molecule has 0 saturated heterocycles. The van der Waals surface area contributed by atoms with Crippen molar-refractivity contribution in [2.24, 2.45) is 0 Å². The number of ether oxygens (including phenoxy) is 2. The van der Waals surface area contributed by atoms with Gasteiger partial charge in [-0.3, -0.25) is 9.78 Å². The number of aryl methyl sites for hydroxylation is 1. The average molecular weight is 519 g/mol. The van der Waals surface area contributed by atoms with Gasteiger partial charge in [0, 0.05) is 36.1 Å². The predicted octanol–water partition coefficient (Wildman–Crippen LogP) is 6.22. The molecule has 39 heavy (non-hydrogen) atoms. The van der Waals surface area contributed by atoms with Gasteiger partial charge < -0.3 is 20.1 Å². The largest absolute Gasteiger partial charge is 0.493 e. The number of anilines is 2. The molecule has 0 aliphatic heterocycles. The normalized spacial score (nSPS) is 10.7. The number of carbonyl (C=O) groups is 1. The molecule has 5 aromatic rings. The van der Waals surface area contributed by atoms with E-state index in [0.717, 1.165) is 39.7 Å². The summed E-state index contributed by atoms with van der Waals surface area (Å²) in [4.78, 5) is 21.8. The summed E-state index contributed by atoms with van der Waals surface area (Å²) in [5, 5.41) is 7.30. The van der Waals surface area contributed by atoms with Gasteiger partial charge >= 0.3 is 0 Å². The maximum Gasteiger partial charge on any atom is 0.255 e. The van der Waals surface area contributed by atoms with Crippen LogP contribution >= 0.6 is 0 Å². The van der Waals surface area contributed by atoms with Crippen molar-refractivity contribution in [1.29, 1.82) is 0 Å². The van der Waals surface area contributed by atoms with E-state index >= 15 is 0 Å². The van der Waals surface area contributed by atoms with Crippen LogP contribution in [0, 0.1) is 6.92 Å². The van der Waals surface area contributed by atoms with E-state index in [1.54, 1.807) is 32.5 Å². The lowest BCUT2D eigenvalue weighted by Crippen LogP contribution is -2.24. The lowest BCUT2D eigenvalue weighted by atomic mass is 10.0. The number of nitrogens with zero attached hydrogens (tertiary/aromatic N) is 2. The van der Waals surface area contributed by atoms with Crippen molar-refractivity contribution in [2.45, 2.75) is 19.9 Å². The highest BCUT2D eigenvalue weighted by Crippen LogP contribution is 2.33. The van der Waals surface area contributed by atoms with Crippen LogP contribution < -0.4 is 20.1 Å². The van der Waals surface area contributed by atoms with Crippen LogP contribution in [-0.4, -0.2) is 30.1 Å². The highest BCUT2D eigenvalue weighted by molar-refractivity contribution is 5.99. The Morgan fingerprint density at radius 3 is 2.28 bits per heavy atom. The molecule has 0 atom stereocenters. The summed E-state index contributed by atoms with van der Waals surface area (Å²) in [5.74, 6) is 1.66. The minimum absolute atomic E-state index is 0.181. The van der Waals surface area contributed by atoms with Gasteiger partial charge in [0.2, 0.25) is 0 Å². The van der Waals surface area contributed by atoms with Crippen molar-refractivity contribution >= 4 is 28.3 Å². The second-order valence-electron chi connectivity index (χ2n) is 9.26. The van der Waals surface area contributed by atoms with E-state index < -0.39 is 0 Å². The van der Waals surface area contributed by atoms with Gasteiger partial charge in [-0.15, -0.1) is 0 Å². The predicted molar refractivity (Wildman–Crippen MR) is 154 cm³/mol. The Kier molecular flexibility index (Phi) is 7.68. The van der Waals surface area contributed by atoms with E-state index in [1.165, 1.54) is 5.56 Å². The third-order valence-electron chi connectivity index (χ3n) is 6.57. The first-order valence-corrected chi connectivity index (χ1v) is 12.7. The number of hydrogen-bond donors (Lipinski definition) is 2. The third-order valence-corrected chi connectivity index (χ3v) is 6.57. The van der Waals surface area contributed by atoms with Crippen LogP contribution in [-0.2, 0) is 13.0 Å². The molecule has 5 rings (SSSR count). The zero-order chi connectivity index (χ0) is 27.2. The molecule has 0 aliphatic carbocycles. The second kappa shape index (κ2) is 11.6. The van der Waals surface area contributed by atoms with E-state index in [-0.39, 0.29) is 5.91 Å². The first-order valence-electron chi connectivity index (χ1n) is 12.7. The lowest BCUT2D eigenvalue weighted by molar-refractivity contribution is 0.0951. The van der Waals surface area contributed by atoms with Crippen LogP contribution in [0.15, 0.2) is 91.3 Å². The molecule has 2 N–H and O–H groups in total. The zero-order valence-corrected chi connectivity index (χ0v) is 22.2. The fourth-order valence-electron chi connectivity index (χ4n) is 4.42. The fraction of sp³-hybridized carbons (Fsp3) is 0.156. The fourth-order valence-corrected chi connectivity index (χ4v) is 4.42. The van der Waals surface area contributed by atoms with Crippen LogP contribution in [0.4, 0.5) is 11.5 Å². The first-order chi connectivity index (χ1) is 19.0. The van der Waals surface area contributed by atoms with E-state index in [0.29, 0.717) is 29.4 Å². The van der Waals surface area contributed by atoms with Crippen LogP contribution in [0.2, 0.25) is 0 Å². The summed E-state index contributed by atoms with van der Waals surface area (Å²) in [6.07, 6.45) is 4.21. The molecule has 0 fully saturated rings. The smallest absolute Gasteiger partial charge is 0.255 e. The zero-order valence-electron chi connectivity index (χ0n) is 22.2. The summed E-state index contributed by atoms with van der Waals surface area (Å²) in [6.45, 7) is 2.49. The van der Waals surface area contributed by atoms with Gasteiger partial charge in [0.05, 0.1) is 25.3 Å². The number of benzene rings is 3. The summed E-state index contributed by atoms with van der Waals surface area (Å²) in [5.41, 5.74) is 6.69. The van der Waals surface area contributed by atoms with Crippen LogP contribution in [0.3, 0.4) is 0 Å². The summed E-state index contributed by atoms with van der Waals surface area (Å²) in [7, 11) is 3.25. The van der Waals surface area contributed by atoms with Crippen molar-refractivity contribution in [3.8, 4) is 11.5 Å². The maximum atomic E-state index is 12.9. The number of hydrogen-bond acceptors (Lipinski definition) is 6. The first kappa shape index (κ1) is 25.7. The Balaban J connectivity index is 1.29. The quantitative estimate of drug-likeness (QED) is 0.241. The minimum atomic E-state index is -0.181. The molecule has 0 aliphatic rings. The second-order valence-corrected chi connectivity index (χ2v) is 9.26. The van der Waals surface area contributed by atoms with Crippen molar-refractivity contribution in [3.05, 3.63) is 119 Å². The lowest BCUT2D eigenvalue weighted by Gasteiger charge is -2.13. The van der Waals surface area contributed by atoms with E-state index in [4.69, 9.17) is 9.47 Å². The van der Waals surface area contributed by atoms with Gasteiger partial charge in [-0.2, -0.15) is 0 Å². The third kappa shape index (κ3) is 5.99. The van der Waals surface area contributed by atoms with Crippen LogP contribution in [0.1, 0.15) is 32.6 Å².